The largest absolute Gasteiger partial charge is 0.416 e. The molecule has 0 spiro atoms. The standard InChI is InChI=1S/C21H17F3N2O3S/c1-14-9-11-17(12-10-14)30(28,29)26-19-8-3-2-7-18(19)20(27)25-16-6-4-5-15(13-16)21(22,23)24/h2-13,26H,1H3,(H,25,27). The number of hydrogen-bond donors (Lipinski definition) is 2. The summed E-state index contributed by atoms with van der Waals surface area (Å²) in [6, 6.07) is 16.1. The maximum Gasteiger partial charge on any atom is 0.416 e. The van der Waals surface area contributed by atoms with Crippen molar-refractivity contribution < 1.29 is 26.4 Å². The lowest BCUT2D eigenvalue weighted by molar-refractivity contribution is -0.137. The van der Waals surface area contributed by atoms with Gasteiger partial charge in [0, 0.05) is 5.69 Å². The SMILES string of the molecule is Cc1ccc(S(=O)(=O)Nc2ccccc2C(=O)Nc2cccc(C(F)(F)F)c2)cc1. The molecule has 0 aliphatic heterocycles. The highest BCUT2D eigenvalue weighted by Crippen LogP contribution is 2.31. The highest BCUT2D eigenvalue weighted by Gasteiger charge is 2.30. The molecule has 0 aliphatic rings. The van der Waals surface area contributed by atoms with E-state index < -0.39 is 27.7 Å². The molecule has 0 aliphatic carbocycles. The van der Waals surface area contributed by atoms with Crippen molar-refractivity contribution in [3.05, 3.63) is 89.5 Å². The van der Waals surface area contributed by atoms with E-state index in [-0.39, 0.29) is 21.8 Å². The monoisotopic (exact) mass is 434 g/mol. The molecule has 0 bridgehead atoms. The predicted molar refractivity (Wildman–Crippen MR) is 108 cm³/mol. The van der Waals surface area contributed by atoms with Gasteiger partial charge in [-0.1, -0.05) is 35.9 Å². The first-order chi connectivity index (χ1) is 14.1. The number of halogens is 3. The molecule has 0 unspecified atom stereocenters. The Morgan fingerprint density at radius 2 is 1.57 bits per heavy atom. The minimum atomic E-state index is -4.55. The third kappa shape index (κ3) is 4.98. The van der Waals surface area contributed by atoms with E-state index in [4.69, 9.17) is 0 Å². The smallest absolute Gasteiger partial charge is 0.322 e. The van der Waals surface area contributed by atoms with E-state index in [9.17, 15) is 26.4 Å². The Hall–Kier alpha value is -3.33. The molecule has 0 saturated heterocycles. The van der Waals surface area contributed by atoms with E-state index in [0.717, 1.165) is 17.7 Å². The third-order valence-electron chi connectivity index (χ3n) is 4.20. The number of carbonyl (C=O) groups is 1. The minimum absolute atomic E-state index is 0.00236. The Balaban J connectivity index is 1.86. The van der Waals surface area contributed by atoms with Crippen molar-refractivity contribution in [1.29, 1.82) is 0 Å². The second-order valence-corrected chi connectivity index (χ2v) is 8.18. The molecule has 0 aromatic heterocycles. The van der Waals surface area contributed by atoms with Crippen molar-refractivity contribution in [2.75, 3.05) is 10.0 Å². The van der Waals surface area contributed by atoms with Crippen LogP contribution in [-0.4, -0.2) is 14.3 Å². The van der Waals surface area contributed by atoms with Gasteiger partial charge in [-0.2, -0.15) is 13.2 Å². The lowest BCUT2D eigenvalue weighted by Crippen LogP contribution is -2.19. The molecule has 30 heavy (non-hydrogen) atoms. The van der Waals surface area contributed by atoms with Gasteiger partial charge in [-0.15, -0.1) is 0 Å². The zero-order valence-electron chi connectivity index (χ0n) is 15.7. The molecular formula is C21H17F3N2O3S. The highest BCUT2D eigenvalue weighted by atomic mass is 32.2. The summed E-state index contributed by atoms with van der Waals surface area (Å²) in [4.78, 5) is 12.7. The van der Waals surface area contributed by atoms with Gasteiger partial charge in [-0.25, -0.2) is 8.42 Å². The number of sulfonamides is 1. The van der Waals surface area contributed by atoms with Gasteiger partial charge in [-0.3, -0.25) is 9.52 Å². The second kappa shape index (κ2) is 8.19. The zero-order valence-corrected chi connectivity index (χ0v) is 16.5. The molecule has 3 aromatic carbocycles. The topological polar surface area (TPSA) is 75.3 Å². The molecule has 0 radical (unpaired) electrons. The van der Waals surface area contributed by atoms with E-state index in [1.807, 2.05) is 6.92 Å². The first kappa shape index (κ1) is 21.4. The Morgan fingerprint density at radius 3 is 2.23 bits per heavy atom. The van der Waals surface area contributed by atoms with Crippen LogP contribution < -0.4 is 10.0 Å². The number of anilines is 2. The number of para-hydroxylation sites is 1. The van der Waals surface area contributed by atoms with Crippen LogP contribution in [0.15, 0.2) is 77.7 Å². The number of nitrogens with one attached hydrogen (secondary N) is 2. The molecular weight excluding hydrogens is 417 g/mol. The molecule has 0 atom stereocenters. The van der Waals surface area contributed by atoms with Crippen molar-refractivity contribution in [3.63, 3.8) is 0 Å². The van der Waals surface area contributed by atoms with Gasteiger partial charge in [0.05, 0.1) is 21.7 Å². The normalized spacial score (nSPS) is 11.7. The van der Waals surface area contributed by atoms with Crippen molar-refractivity contribution >= 4 is 27.3 Å². The molecule has 3 rings (SSSR count). The fourth-order valence-electron chi connectivity index (χ4n) is 2.66. The Labute approximate surface area is 171 Å². The van der Waals surface area contributed by atoms with E-state index in [0.29, 0.717) is 0 Å². The Bertz CT molecular complexity index is 1170. The van der Waals surface area contributed by atoms with E-state index >= 15 is 0 Å². The number of alkyl halides is 3. The summed E-state index contributed by atoms with van der Waals surface area (Å²) in [5, 5.41) is 2.37. The molecule has 2 N–H and O–H groups in total. The fraction of sp³-hybridized carbons (Fsp3) is 0.0952. The summed E-state index contributed by atoms with van der Waals surface area (Å²) < 4.78 is 66.2. The molecule has 0 fully saturated rings. The van der Waals surface area contributed by atoms with Gasteiger partial charge in [-0.05, 0) is 49.4 Å². The van der Waals surface area contributed by atoms with Crippen LogP contribution in [0.3, 0.4) is 0 Å². The van der Waals surface area contributed by atoms with Crippen LogP contribution >= 0.6 is 0 Å². The molecule has 9 heteroatoms. The quantitative estimate of drug-likeness (QED) is 0.589. The van der Waals surface area contributed by atoms with E-state index in [2.05, 4.69) is 10.0 Å². The molecule has 0 saturated carbocycles. The van der Waals surface area contributed by atoms with Gasteiger partial charge >= 0.3 is 6.18 Å². The minimum Gasteiger partial charge on any atom is -0.322 e. The number of carbonyl (C=O) groups excluding carboxylic acids is 1. The number of benzene rings is 3. The van der Waals surface area contributed by atoms with Crippen LogP contribution in [0.1, 0.15) is 21.5 Å². The van der Waals surface area contributed by atoms with E-state index in [1.165, 1.54) is 48.5 Å². The summed E-state index contributed by atoms with van der Waals surface area (Å²) in [6.45, 7) is 1.82. The van der Waals surface area contributed by atoms with Crippen molar-refractivity contribution in [3.8, 4) is 0 Å². The van der Waals surface area contributed by atoms with Gasteiger partial charge in [0.2, 0.25) is 0 Å². The zero-order chi connectivity index (χ0) is 21.9. The van der Waals surface area contributed by atoms with Crippen LogP contribution in [0.2, 0.25) is 0 Å². The second-order valence-electron chi connectivity index (χ2n) is 6.50. The van der Waals surface area contributed by atoms with Crippen LogP contribution in [0.4, 0.5) is 24.5 Å². The number of hydrogen-bond acceptors (Lipinski definition) is 3. The summed E-state index contributed by atoms with van der Waals surface area (Å²) in [6.07, 6.45) is -4.55. The van der Waals surface area contributed by atoms with Crippen LogP contribution in [0.5, 0.6) is 0 Å². The van der Waals surface area contributed by atoms with Crippen LogP contribution in [-0.2, 0) is 16.2 Å². The lowest BCUT2D eigenvalue weighted by atomic mass is 10.1. The molecule has 5 nitrogen and oxygen atoms in total. The first-order valence-electron chi connectivity index (χ1n) is 8.73. The lowest BCUT2D eigenvalue weighted by Gasteiger charge is -2.14. The van der Waals surface area contributed by atoms with E-state index in [1.54, 1.807) is 12.1 Å². The Morgan fingerprint density at radius 1 is 0.900 bits per heavy atom. The Kier molecular flexibility index (Phi) is 5.84. The maximum atomic E-state index is 12.9. The van der Waals surface area contributed by atoms with Crippen LogP contribution in [0, 0.1) is 6.92 Å². The van der Waals surface area contributed by atoms with Crippen molar-refractivity contribution in [2.45, 2.75) is 18.0 Å². The van der Waals surface area contributed by atoms with Gasteiger partial charge in [0.15, 0.2) is 0 Å². The predicted octanol–water partition coefficient (Wildman–Crippen LogP) is 5.07. The average Bonchev–Trinajstić information content (AvgIpc) is 2.68. The van der Waals surface area contributed by atoms with Gasteiger partial charge < -0.3 is 5.32 Å². The summed E-state index contributed by atoms with van der Waals surface area (Å²) in [7, 11) is -3.96. The number of amides is 1. The van der Waals surface area contributed by atoms with Crippen LogP contribution in [0.25, 0.3) is 0 Å². The van der Waals surface area contributed by atoms with Gasteiger partial charge in [0.25, 0.3) is 15.9 Å². The maximum absolute atomic E-state index is 12.9. The van der Waals surface area contributed by atoms with Crippen molar-refractivity contribution in [1.82, 2.24) is 0 Å². The summed E-state index contributed by atoms with van der Waals surface area (Å²) in [5.74, 6) is -0.753. The molecule has 156 valence electrons. The van der Waals surface area contributed by atoms with Gasteiger partial charge in [0.1, 0.15) is 0 Å². The molecule has 3 aromatic rings. The molecule has 0 heterocycles. The molecule has 1 amide bonds. The number of aryl methyl sites for hydroxylation is 1. The van der Waals surface area contributed by atoms with Crippen molar-refractivity contribution in [2.24, 2.45) is 0 Å². The number of rotatable bonds is 5. The fourth-order valence-corrected chi connectivity index (χ4v) is 3.74. The first-order valence-corrected chi connectivity index (χ1v) is 10.2. The third-order valence-corrected chi connectivity index (χ3v) is 5.58. The summed E-state index contributed by atoms with van der Waals surface area (Å²) in [5.41, 5.74) is -0.123. The summed E-state index contributed by atoms with van der Waals surface area (Å²) >= 11 is 0. The average molecular weight is 434 g/mol. The highest BCUT2D eigenvalue weighted by molar-refractivity contribution is 7.92.